The molecule has 1 aliphatic carbocycles. The van der Waals surface area contributed by atoms with E-state index in [1.807, 2.05) is 0 Å². The van der Waals surface area contributed by atoms with Gasteiger partial charge in [0, 0.05) is 30.9 Å². The molecule has 0 aromatic heterocycles. The highest BCUT2D eigenvalue weighted by atomic mass is 15.2. The van der Waals surface area contributed by atoms with E-state index in [1.165, 1.54) is 69.3 Å². The number of unbranched alkanes of at least 4 members (excludes halogenated alkanes) is 2. The first-order chi connectivity index (χ1) is 9.85. The molecular formula is C18H28N2. The van der Waals surface area contributed by atoms with E-state index < -0.39 is 0 Å². The smallest absolute Gasteiger partial charge is 0.0400 e. The SMILES string of the molecule is CCCCCc1ccc(NC2CCN(C3CC3)C2)cc1. The topological polar surface area (TPSA) is 15.3 Å². The van der Waals surface area contributed by atoms with Crippen molar-refractivity contribution in [3.8, 4) is 0 Å². The van der Waals surface area contributed by atoms with E-state index >= 15 is 0 Å². The summed E-state index contributed by atoms with van der Waals surface area (Å²) in [4.78, 5) is 2.66. The predicted molar refractivity (Wildman–Crippen MR) is 86.3 cm³/mol. The lowest BCUT2D eigenvalue weighted by molar-refractivity contribution is 0.326. The second-order valence-electron chi connectivity index (χ2n) is 6.51. The average molecular weight is 272 g/mol. The summed E-state index contributed by atoms with van der Waals surface area (Å²) in [5, 5.41) is 3.71. The fourth-order valence-corrected chi connectivity index (χ4v) is 3.26. The summed E-state index contributed by atoms with van der Waals surface area (Å²) in [6.45, 7) is 4.79. The van der Waals surface area contributed by atoms with Crippen LogP contribution in [0.5, 0.6) is 0 Å². The summed E-state index contributed by atoms with van der Waals surface area (Å²) in [7, 11) is 0. The van der Waals surface area contributed by atoms with Gasteiger partial charge in [0.1, 0.15) is 0 Å². The average Bonchev–Trinajstić information content (AvgIpc) is 3.22. The Bertz CT molecular complexity index is 408. The Labute approximate surface area is 123 Å². The number of nitrogens with zero attached hydrogens (tertiary/aromatic N) is 1. The van der Waals surface area contributed by atoms with E-state index in [2.05, 4.69) is 41.4 Å². The molecule has 1 aromatic rings. The molecule has 1 saturated carbocycles. The van der Waals surface area contributed by atoms with Crippen molar-refractivity contribution in [1.82, 2.24) is 4.90 Å². The zero-order valence-corrected chi connectivity index (χ0v) is 12.8. The number of nitrogens with one attached hydrogen (secondary N) is 1. The van der Waals surface area contributed by atoms with Gasteiger partial charge in [0.2, 0.25) is 0 Å². The highest BCUT2D eigenvalue weighted by Gasteiger charge is 2.34. The summed E-state index contributed by atoms with van der Waals surface area (Å²) in [5.74, 6) is 0. The normalized spacial score (nSPS) is 23.1. The van der Waals surface area contributed by atoms with Gasteiger partial charge in [0.25, 0.3) is 0 Å². The molecule has 2 heteroatoms. The van der Waals surface area contributed by atoms with Crippen molar-refractivity contribution in [2.45, 2.75) is 64.0 Å². The number of likely N-dealkylation sites (tertiary alicyclic amines) is 1. The van der Waals surface area contributed by atoms with Gasteiger partial charge in [-0.1, -0.05) is 31.9 Å². The van der Waals surface area contributed by atoms with Crippen molar-refractivity contribution >= 4 is 5.69 Å². The van der Waals surface area contributed by atoms with E-state index in [9.17, 15) is 0 Å². The molecule has 1 aliphatic heterocycles. The lowest BCUT2D eigenvalue weighted by atomic mass is 10.1. The van der Waals surface area contributed by atoms with Crippen molar-refractivity contribution in [2.75, 3.05) is 18.4 Å². The number of anilines is 1. The van der Waals surface area contributed by atoms with Crippen LogP contribution >= 0.6 is 0 Å². The molecule has 20 heavy (non-hydrogen) atoms. The maximum atomic E-state index is 3.71. The van der Waals surface area contributed by atoms with Crippen molar-refractivity contribution in [2.24, 2.45) is 0 Å². The number of hydrogen-bond donors (Lipinski definition) is 1. The van der Waals surface area contributed by atoms with Gasteiger partial charge in [-0.15, -0.1) is 0 Å². The second kappa shape index (κ2) is 6.62. The molecule has 1 aromatic carbocycles. The van der Waals surface area contributed by atoms with Gasteiger partial charge in [0.15, 0.2) is 0 Å². The third kappa shape index (κ3) is 3.76. The van der Waals surface area contributed by atoms with Crippen LogP contribution in [-0.4, -0.2) is 30.1 Å². The summed E-state index contributed by atoms with van der Waals surface area (Å²) >= 11 is 0. The summed E-state index contributed by atoms with van der Waals surface area (Å²) < 4.78 is 0. The molecule has 1 N–H and O–H groups in total. The lowest BCUT2D eigenvalue weighted by Gasteiger charge is -2.17. The maximum absolute atomic E-state index is 3.71. The van der Waals surface area contributed by atoms with Crippen LogP contribution in [0.1, 0.15) is 51.0 Å². The Morgan fingerprint density at radius 2 is 1.90 bits per heavy atom. The largest absolute Gasteiger partial charge is 0.381 e. The van der Waals surface area contributed by atoms with E-state index in [1.54, 1.807) is 0 Å². The van der Waals surface area contributed by atoms with Crippen molar-refractivity contribution < 1.29 is 0 Å². The fourth-order valence-electron chi connectivity index (χ4n) is 3.26. The summed E-state index contributed by atoms with van der Waals surface area (Å²) in [5.41, 5.74) is 2.78. The molecular weight excluding hydrogens is 244 g/mol. The third-order valence-corrected chi connectivity index (χ3v) is 4.68. The van der Waals surface area contributed by atoms with Gasteiger partial charge in [-0.2, -0.15) is 0 Å². The summed E-state index contributed by atoms with van der Waals surface area (Å²) in [6, 6.07) is 10.7. The summed E-state index contributed by atoms with van der Waals surface area (Å²) in [6.07, 6.45) is 9.36. The molecule has 0 amide bonds. The number of benzene rings is 1. The molecule has 3 rings (SSSR count). The third-order valence-electron chi connectivity index (χ3n) is 4.68. The van der Waals surface area contributed by atoms with Crippen LogP contribution in [0.25, 0.3) is 0 Å². The minimum absolute atomic E-state index is 0.654. The Morgan fingerprint density at radius 3 is 2.60 bits per heavy atom. The molecule has 110 valence electrons. The first-order valence-electron chi connectivity index (χ1n) is 8.44. The zero-order valence-electron chi connectivity index (χ0n) is 12.8. The van der Waals surface area contributed by atoms with E-state index in [-0.39, 0.29) is 0 Å². The standard InChI is InChI=1S/C18H28N2/c1-2-3-4-5-15-6-8-16(9-7-15)19-17-12-13-20(14-17)18-10-11-18/h6-9,17-19H,2-5,10-14H2,1H3. The van der Waals surface area contributed by atoms with Crippen LogP contribution in [0.15, 0.2) is 24.3 Å². The van der Waals surface area contributed by atoms with Crippen LogP contribution in [0, 0.1) is 0 Å². The van der Waals surface area contributed by atoms with Crippen LogP contribution in [0.3, 0.4) is 0 Å². The Balaban J connectivity index is 1.45. The first kappa shape index (κ1) is 13.9. The number of rotatable bonds is 7. The molecule has 2 nitrogen and oxygen atoms in total. The van der Waals surface area contributed by atoms with Crippen molar-refractivity contribution in [3.05, 3.63) is 29.8 Å². The van der Waals surface area contributed by atoms with Crippen molar-refractivity contribution in [1.29, 1.82) is 0 Å². The lowest BCUT2D eigenvalue weighted by Crippen LogP contribution is -2.27. The van der Waals surface area contributed by atoms with E-state index in [0.717, 1.165) is 6.04 Å². The van der Waals surface area contributed by atoms with Crippen molar-refractivity contribution in [3.63, 3.8) is 0 Å². The van der Waals surface area contributed by atoms with Gasteiger partial charge in [-0.05, 0) is 49.8 Å². The van der Waals surface area contributed by atoms with Crippen LogP contribution in [0.2, 0.25) is 0 Å². The molecule has 1 saturated heterocycles. The number of hydrogen-bond acceptors (Lipinski definition) is 2. The minimum atomic E-state index is 0.654. The van der Waals surface area contributed by atoms with Crippen LogP contribution in [0.4, 0.5) is 5.69 Å². The first-order valence-corrected chi connectivity index (χ1v) is 8.44. The van der Waals surface area contributed by atoms with Crippen LogP contribution in [-0.2, 0) is 6.42 Å². The van der Waals surface area contributed by atoms with Gasteiger partial charge in [0.05, 0.1) is 0 Å². The van der Waals surface area contributed by atoms with Gasteiger partial charge >= 0.3 is 0 Å². The van der Waals surface area contributed by atoms with Crippen LogP contribution < -0.4 is 5.32 Å². The highest BCUT2D eigenvalue weighted by Crippen LogP contribution is 2.30. The maximum Gasteiger partial charge on any atom is 0.0400 e. The molecule has 1 heterocycles. The molecule has 1 atom stereocenters. The second-order valence-corrected chi connectivity index (χ2v) is 6.51. The van der Waals surface area contributed by atoms with Gasteiger partial charge < -0.3 is 5.32 Å². The zero-order chi connectivity index (χ0) is 13.8. The highest BCUT2D eigenvalue weighted by molar-refractivity contribution is 5.45. The fraction of sp³-hybridized carbons (Fsp3) is 0.667. The monoisotopic (exact) mass is 272 g/mol. The Morgan fingerprint density at radius 1 is 1.10 bits per heavy atom. The van der Waals surface area contributed by atoms with Gasteiger partial charge in [-0.3, -0.25) is 4.90 Å². The quantitative estimate of drug-likeness (QED) is 0.753. The predicted octanol–water partition coefficient (Wildman–Crippen LogP) is 4.07. The Hall–Kier alpha value is -1.02. The molecule has 0 radical (unpaired) electrons. The molecule has 2 fully saturated rings. The van der Waals surface area contributed by atoms with E-state index in [0.29, 0.717) is 6.04 Å². The van der Waals surface area contributed by atoms with E-state index in [4.69, 9.17) is 0 Å². The van der Waals surface area contributed by atoms with Gasteiger partial charge in [-0.25, -0.2) is 0 Å². The minimum Gasteiger partial charge on any atom is -0.381 e. The number of aryl methyl sites for hydroxylation is 1. The molecule has 2 aliphatic rings. The molecule has 0 spiro atoms. The molecule has 1 unspecified atom stereocenters. The molecule has 0 bridgehead atoms. The Kier molecular flexibility index (Phi) is 4.62.